The molecule has 100 valence electrons. The van der Waals surface area contributed by atoms with Crippen molar-refractivity contribution in [1.29, 1.82) is 0 Å². The molecule has 2 nitrogen and oxygen atoms in total. The number of nitrogens with one attached hydrogen (secondary N) is 1. The van der Waals surface area contributed by atoms with Gasteiger partial charge in [0, 0.05) is 19.3 Å². The van der Waals surface area contributed by atoms with Gasteiger partial charge in [0.1, 0.15) is 0 Å². The molecule has 1 aliphatic heterocycles. The Labute approximate surface area is 111 Å². The summed E-state index contributed by atoms with van der Waals surface area (Å²) in [5.41, 5.74) is 1.45. The Balaban J connectivity index is 1.85. The van der Waals surface area contributed by atoms with Gasteiger partial charge in [-0.15, -0.1) is 0 Å². The van der Waals surface area contributed by atoms with Crippen molar-refractivity contribution < 1.29 is 4.74 Å². The monoisotopic (exact) mass is 247 g/mol. The van der Waals surface area contributed by atoms with Crippen LogP contribution in [0.15, 0.2) is 30.3 Å². The second kappa shape index (κ2) is 7.55. The average Bonchev–Trinajstić information content (AvgIpc) is 2.45. The number of rotatable bonds is 6. The molecule has 0 aliphatic carbocycles. The maximum absolute atomic E-state index is 5.46. The van der Waals surface area contributed by atoms with Gasteiger partial charge in [0.25, 0.3) is 0 Å². The molecule has 1 aliphatic rings. The van der Waals surface area contributed by atoms with Crippen molar-refractivity contribution in [2.24, 2.45) is 5.92 Å². The van der Waals surface area contributed by atoms with Gasteiger partial charge in [-0.2, -0.15) is 0 Å². The van der Waals surface area contributed by atoms with Crippen LogP contribution in [-0.2, 0) is 11.2 Å². The molecular formula is C16H25NO. The minimum Gasteiger partial charge on any atom is -0.381 e. The zero-order valence-electron chi connectivity index (χ0n) is 11.4. The first-order chi connectivity index (χ1) is 8.90. The first-order valence-corrected chi connectivity index (χ1v) is 7.25. The van der Waals surface area contributed by atoms with Crippen LogP contribution in [0.5, 0.6) is 0 Å². The normalized spacial score (nSPS) is 18.7. The maximum Gasteiger partial charge on any atom is 0.0469 e. The second-order valence-corrected chi connectivity index (χ2v) is 5.14. The van der Waals surface area contributed by atoms with Gasteiger partial charge in [0.2, 0.25) is 0 Å². The van der Waals surface area contributed by atoms with Gasteiger partial charge in [0.15, 0.2) is 0 Å². The van der Waals surface area contributed by atoms with E-state index in [4.69, 9.17) is 4.74 Å². The highest BCUT2D eigenvalue weighted by atomic mass is 16.5. The van der Waals surface area contributed by atoms with Crippen molar-refractivity contribution in [3.8, 4) is 0 Å². The number of aryl methyl sites for hydroxylation is 1. The predicted octanol–water partition coefficient (Wildman–Crippen LogP) is 3.02. The second-order valence-electron chi connectivity index (χ2n) is 5.14. The predicted molar refractivity (Wildman–Crippen MR) is 75.8 cm³/mol. The van der Waals surface area contributed by atoms with Gasteiger partial charge >= 0.3 is 0 Å². The Kier molecular flexibility index (Phi) is 5.69. The third-order valence-electron chi connectivity index (χ3n) is 3.89. The number of ether oxygens (including phenoxy) is 1. The van der Waals surface area contributed by atoms with E-state index in [1.807, 2.05) is 0 Å². The summed E-state index contributed by atoms with van der Waals surface area (Å²) in [5, 5.41) is 3.67. The molecule has 1 fully saturated rings. The maximum atomic E-state index is 5.46. The van der Waals surface area contributed by atoms with Gasteiger partial charge in [-0.3, -0.25) is 0 Å². The molecular weight excluding hydrogens is 222 g/mol. The highest BCUT2D eigenvalue weighted by Crippen LogP contribution is 2.22. The molecule has 1 atom stereocenters. The van der Waals surface area contributed by atoms with Crippen molar-refractivity contribution >= 4 is 0 Å². The van der Waals surface area contributed by atoms with E-state index in [1.165, 1.54) is 31.2 Å². The first kappa shape index (κ1) is 13.6. The lowest BCUT2D eigenvalue weighted by atomic mass is 9.88. The summed E-state index contributed by atoms with van der Waals surface area (Å²) in [6.07, 6.45) is 4.84. The summed E-state index contributed by atoms with van der Waals surface area (Å²) >= 11 is 0. The van der Waals surface area contributed by atoms with E-state index in [0.717, 1.165) is 25.7 Å². The smallest absolute Gasteiger partial charge is 0.0469 e. The lowest BCUT2D eigenvalue weighted by Gasteiger charge is -2.31. The van der Waals surface area contributed by atoms with Gasteiger partial charge in [-0.1, -0.05) is 37.3 Å². The summed E-state index contributed by atoms with van der Waals surface area (Å²) in [5.74, 6) is 0.794. The van der Waals surface area contributed by atoms with E-state index < -0.39 is 0 Å². The summed E-state index contributed by atoms with van der Waals surface area (Å²) in [6.45, 7) is 5.15. The zero-order chi connectivity index (χ0) is 12.6. The zero-order valence-corrected chi connectivity index (χ0v) is 11.4. The topological polar surface area (TPSA) is 21.3 Å². The molecule has 1 saturated heterocycles. The third-order valence-corrected chi connectivity index (χ3v) is 3.89. The van der Waals surface area contributed by atoms with Crippen LogP contribution in [0.2, 0.25) is 0 Å². The minimum atomic E-state index is 0.652. The fourth-order valence-electron chi connectivity index (χ4n) is 2.85. The van der Waals surface area contributed by atoms with Crippen molar-refractivity contribution in [3.63, 3.8) is 0 Å². The van der Waals surface area contributed by atoms with Gasteiger partial charge in [0.05, 0.1) is 0 Å². The van der Waals surface area contributed by atoms with Crippen LogP contribution in [0.1, 0.15) is 31.7 Å². The molecule has 1 unspecified atom stereocenters. The van der Waals surface area contributed by atoms with Crippen LogP contribution in [0.25, 0.3) is 0 Å². The van der Waals surface area contributed by atoms with Gasteiger partial charge in [-0.25, -0.2) is 0 Å². The Morgan fingerprint density at radius 3 is 2.61 bits per heavy atom. The molecule has 0 radical (unpaired) electrons. The molecule has 1 N–H and O–H groups in total. The van der Waals surface area contributed by atoms with E-state index in [-0.39, 0.29) is 0 Å². The quantitative estimate of drug-likeness (QED) is 0.834. The van der Waals surface area contributed by atoms with E-state index in [2.05, 4.69) is 42.6 Å². The number of hydrogen-bond donors (Lipinski definition) is 1. The van der Waals surface area contributed by atoms with Crippen molar-refractivity contribution in [1.82, 2.24) is 5.32 Å². The number of hydrogen-bond acceptors (Lipinski definition) is 2. The third kappa shape index (κ3) is 4.11. The fourth-order valence-corrected chi connectivity index (χ4v) is 2.85. The summed E-state index contributed by atoms with van der Waals surface area (Å²) in [6, 6.07) is 11.5. The highest BCUT2D eigenvalue weighted by Gasteiger charge is 2.22. The van der Waals surface area contributed by atoms with Gasteiger partial charge in [-0.05, 0) is 43.7 Å². The lowest BCUT2D eigenvalue weighted by molar-refractivity contribution is 0.0528. The summed E-state index contributed by atoms with van der Waals surface area (Å²) in [7, 11) is 0. The fraction of sp³-hybridized carbons (Fsp3) is 0.625. The van der Waals surface area contributed by atoms with E-state index in [1.54, 1.807) is 0 Å². The Morgan fingerprint density at radius 2 is 1.94 bits per heavy atom. The Hall–Kier alpha value is -0.860. The van der Waals surface area contributed by atoms with Crippen molar-refractivity contribution in [3.05, 3.63) is 35.9 Å². The van der Waals surface area contributed by atoms with Crippen LogP contribution in [0.3, 0.4) is 0 Å². The van der Waals surface area contributed by atoms with Crippen LogP contribution >= 0.6 is 0 Å². The van der Waals surface area contributed by atoms with Gasteiger partial charge < -0.3 is 10.1 Å². The Morgan fingerprint density at radius 1 is 1.22 bits per heavy atom. The molecule has 0 spiro atoms. The Bertz CT molecular complexity index is 319. The molecule has 1 heterocycles. The summed E-state index contributed by atoms with van der Waals surface area (Å²) in [4.78, 5) is 0. The molecule has 1 aromatic carbocycles. The van der Waals surface area contributed by atoms with E-state index >= 15 is 0 Å². The molecule has 0 saturated carbocycles. The molecule has 1 aromatic rings. The summed E-state index contributed by atoms with van der Waals surface area (Å²) < 4.78 is 5.46. The number of benzene rings is 1. The van der Waals surface area contributed by atoms with Crippen molar-refractivity contribution in [2.75, 3.05) is 19.8 Å². The van der Waals surface area contributed by atoms with Crippen LogP contribution in [0.4, 0.5) is 0 Å². The highest BCUT2D eigenvalue weighted by molar-refractivity contribution is 5.14. The molecule has 0 bridgehead atoms. The minimum absolute atomic E-state index is 0.652. The standard InChI is InChI=1S/C16H25NO/c1-2-17-16(15-10-12-18-13-11-15)9-8-14-6-4-3-5-7-14/h3-7,15-17H,2,8-13H2,1H3. The van der Waals surface area contributed by atoms with Crippen LogP contribution in [0, 0.1) is 5.92 Å². The molecule has 2 heteroatoms. The van der Waals surface area contributed by atoms with Crippen molar-refractivity contribution in [2.45, 2.75) is 38.6 Å². The van der Waals surface area contributed by atoms with Crippen LogP contribution in [-0.4, -0.2) is 25.8 Å². The van der Waals surface area contributed by atoms with E-state index in [9.17, 15) is 0 Å². The van der Waals surface area contributed by atoms with E-state index in [0.29, 0.717) is 6.04 Å². The first-order valence-electron chi connectivity index (χ1n) is 7.25. The SMILES string of the molecule is CCNC(CCc1ccccc1)C1CCOCC1. The molecule has 0 amide bonds. The van der Waals surface area contributed by atoms with Crippen LogP contribution < -0.4 is 5.32 Å². The lowest BCUT2D eigenvalue weighted by Crippen LogP contribution is -2.39. The molecule has 18 heavy (non-hydrogen) atoms. The largest absolute Gasteiger partial charge is 0.381 e. The molecule has 2 rings (SSSR count). The average molecular weight is 247 g/mol. The molecule has 0 aromatic heterocycles.